The summed E-state index contributed by atoms with van der Waals surface area (Å²) in [6.45, 7) is 6.00. The molecule has 1 saturated heterocycles. The van der Waals surface area contributed by atoms with E-state index in [0.717, 1.165) is 30.2 Å². The van der Waals surface area contributed by atoms with E-state index in [4.69, 9.17) is 4.74 Å². The van der Waals surface area contributed by atoms with Crippen LogP contribution in [0.5, 0.6) is 5.88 Å². The van der Waals surface area contributed by atoms with Crippen LogP contribution < -0.4 is 20.3 Å². The molecule has 2 atom stereocenters. The van der Waals surface area contributed by atoms with Crippen molar-refractivity contribution in [2.45, 2.75) is 31.1 Å². The molecule has 0 spiro atoms. The van der Waals surface area contributed by atoms with Gasteiger partial charge in [0.25, 0.3) is 0 Å². The monoisotopic (exact) mass is 454 g/mol. The van der Waals surface area contributed by atoms with Crippen LogP contribution in [0.2, 0.25) is 0 Å². The Morgan fingerprint density at radius 3 is 3.10 bits per heavy atom. The predicted octanol–water partition coefficient (Wildman–Crippen LogP) is 4.58. The number of thioether (sulfide) groups is 1. The Morgan fingerprint density at radius 2 is 2.24 bits per heavy atom. The van der Waals surface area contributed by atoms with Gasteiger partial charge in [-0.25, -0.2) is 4.98 Å². The first-order valence-electron chi connectivity index (χ1n) is 9.92. The smallest absolute Gasteiger partial charge is 0.237 e. The number of hydrogen-bond acceptors (Lipinski definition) is 6. The Hall–Kier alpha value is -1.34. The van der Waals surface area contributed by atoms with Crippen molar-refractivity contribution in [3.8, 4) is 5.88 Å². The van der Waals surface area contributed by atoms with Crippen LogP contribution in [-0.4, -0.2) is 43.0 Å². The number of hydrogen-bond donors (Lipinski definition) is 2. The van der Waals surface area contributed by atoms with Gasteiger partial charge >= 0.3 is 0 Å². The topological polar surface area (TPSA) is 49.4 Å². The Bertz CT molecular complexity index is 853. The van der Waals surface area contributed by atoms with Gasteiger partial charge in [0.15, 0.2) is 0 Å². The normalized spacial score (nSPS) is 21.8. The largest absolute Gasteiger partial charge is 0.476 e. The summed E-state index contributed by atoms with van der Waals surface area (Å²) in [6.07, 6.45) is 3.02. The number of aromatic nitrogens is 1. The van der Waals surface area contributed by atoms with E-state index in [0.29, 0.717) is 24.4 Å². The van der Waals surface area contributed by atoms with E-state index in [9.17, 15) is 0 Å². The first-order valence-corrected chi connectivity index (χ1v) is 11.1. The highest BCUT2D eigenvalue weighted by molar-refractivity contribution is 7.98. The summed E-state index contributed by atoms with van der Waals surface area (Å²) in [6, 6.07) is 9.34. The van der Waals surface area contributed by atoms with E-state index in [1.165, 1.54) is 35.5 Å². The fourth-order valence-electron chi connectivity index (χ4n) is 4.75. The lowest BCUT2D eigenvalue weighted by atomic mass is 9.89. The summed E-state index contributed by atoms with van der Waals surface area (Å²) in [7, 11) is 0. The van der Waals surface area contributed by atoms with Crippen LogP contribution in [0.25, 0.3) is 0 Å². The fraction of sp³-hybridized carbons (Fsp3) is 0.476. The van der Waals surface area contributed by atoms with Gasteiger partial charge in [-0.15, -0.1) is 24.8 Å². The van der Waals surface area contributed by atoms with E-state index in [2.05, 4.69) is 32.7 Å². The highest BCUT2D eigenvalue weighted by Gasteiger charge is 2.41. The average Bonchev–Trinajstić information content (AvgIpc) is 2.85. The Kier molecular flexibility index (Phi) is 7.43. The Labute approximate surface area is 189 Å². The minimum absolute atomic E-state index is 0. The van der Waals surface area contributed by atoms with Crippen LogP contribution in [0, 0.1) is 0 Å². The van der Waals surface area contributed by atoms with Crippen molar-refractivity contribution in [2.75, 3.05) is 42.2 Å². The van der Waals surface area contributed by atoms with Gasteiger partial charge < -0.3 is 20.3 Å². The number of anilines is 3. The maximum Gasteiger partial charge on any atom is 0.237 e. The van der Waals surface area contributed by atoms with Gasteiger partial charge in [0, 0.05) is 54.1 Å². The minimum atomic E-state index is 0. The number of piperidine rings is 1. The van der Waals surface area contributed by atoms with E-state index in [1.54, 1.807) is 6.20 Å². The summed E-state index contributed by atoms with van der Waals surface area (Å²) < 4.78 is 5.70. The standard InChI is InChI=1S/C21H26N4OS.2ClH/c1-2-26-21-18(4-3-6-23-21)24-15-10-14-13-27-9-8-25-19-5-7-22-12-17(19)16(11-15)20(14)25;;/h3-4,6,10-11,17,19,22,24H,2,5,7-9,12-13H2,1H3;2*1H/t17-,19-;;/m0../s1. The molecule has 1 fully saturated rings. The molecule has 3 aliphatic heterocycles. The van der Waals surface area contributed by atoms with Gasteiger partial charge in [-0.3, -0.25) is 0 Å². The number of benzene rings is 1. The molecule has 158 valence electrons. The summed E-state index contributed by atoms with van der Waals surface area (Å²) >= 11 is 2.05. The molecule has 0 amide bonds. The van der Waals surface area contributed by atoms with Crippen molar-refractivity contribution in [3.05, 3.63) is 41.6 Å². The molecule has 3 aliphatic rings. The molecule has 2 aromatic rings. The maximum atomic E-state index is 5.70. The molecule has 1 aromatic heterocycles. The highest BCUT2D eigenvalue weighted by Crippen LogP contribution is 2.48. The molecule has 8 heteroatoms. The molecule has 5 rings (SSSR count). The number of rotatable bonds is 4. The van der Waals surface area contributed by atoms with Gasteiger partial charge in [-0.05, 0) is 55.3 Å². The zero-order chi connectivity index (χ0) is 18.2. The minimum Gasteiger partial charge on any atom is -0.476 e. The Morgan fingerprint density at radius 1 is 1.34 bits per heavy atom. The molecule has 2 N–H and O–H groups in total. The van der Waals surface area contributed by atoms with Crippen molar-refractivity contribution >= 4 is 53.6 Å². The summed E-state index contributed by atoms with van der Waals surface area (Å²) in [4.78, 5) is 7.08. The number of pyridine rings is 1. The second-order valence-electron chi connectivity index (χ2n) is 7.40. The molecule has 0 bridgehead atoms. The number of nitrogens with one attached hydrogen (secondary N) is 2. The highest BCUT2D eigenvalue weighted by atomic mass is 35.5. The first kappa shape index (κ1) is 22.3. The maximum absolute atomic E-state index is 5.70. The van der Waals surface area contributed by atoms with Crippen molar-refractivity contribution in [1.29, 1.82) is 0 Å². The third-order valence-electron chi connectivity index (χ3n) is 5.82. The van der Waals surface area contributed by atoms with Crippen molar-refractivity contribution in [2.24, 2.45) is 0 Å². The predicted molar refractivity (Wildman–Crippen MR) is 127 cm³/mol. The molecule has 4 heterocycles. The molecule has 0 aliphatic carbocycles. The van der Waals surface area contributed by atoms with Crippen molar-refractivity contribution < 1.29 is 4.74 Å². The second-order valence-corrected chi connectivity index (χ2v) is 8.51. The number of nitrogens with zero attached hydrogens (tertiary/aromatic N) is 2. The van der Waals surface area contributed by atoms with E-state index < -0.39 is 0 Å². The lowest BCUT2D eigenvalue weighted by Gasteiger charge is -2.33. The average molecular weight is 455 g/mol. The van der Waals surface area contributed by atoms with Gasteiger partial charge in [-0.1, -0.05) is 0 Å². The molecule has 0 radical (unpaired) electrons. The van der Waals surface area contributed by atoms with Crippen LogP contribution >= 0.6 is 36.6 Å². The molecule has 1 aromatic carbocycles. The van der Waals surface area contributed by atoms with Crippen molar-refractivity contribution in [3.63, 3.8) is 0 Å². The lowest BCUT2D eigenvalue weighted by molar-refractivity contribution is 0.329. The molecular formula is C21H28Cl2N4OS. The lowest BCUT2D eigenvalue weighted by Crippen LogP contribution is -2.44. The van der Waals surface area contributed by atoms with Crippen LogP contribution in [-0.2, 0) is 5.75 Å². The van der Waals surface area contributed by atoms with E-state index in [1.807, 2.05) is 30.8 Å². The fourth-order valence-corrected chi connectivity index (χ4v) is 5.66. The zero-order valence-electron chi connectivity index (χ0n) is 16.5. The second kappa shape index (κ2) is 9.65. The number of ether oxygens (including phenoxy) is 1. The SMILES string of the molecule is CCOc1ncccc1Nc1cc2c3c(c1)[C@@H]1CNCC[C@@H]1N3CCSC2.Cl.Cl. The summed E-state index contributed by atoms with van der Waals surface area (Å²) in [5.74, 6) is 3.56. The third kappa shape index (κ3) is 4.13. The molecule has 5 nitrogen and oxygen atoms in total. The van der Waals surface area contributed by atoms with Gasteiger partial charge in [-0.2, -0.15) is 11.8 Å². The summed E-state index contributed by atoms with van der Waals surface area (Å²) in [5, 5.41) is 7.19. The van der Waals surface area contributed by atoms with Crippen LogP contribution in [0.1, 0.15) is 30.4 Å². The molecule has 29 heavy (non-hydrogen) atoms. The van der Waals surface area contributed by atoms with Gasteiger partial charge in [0.1, 0.15) is 5.69 Å². The van der Waals surface area contributed by atoms with E-state index in [-0.39, 0.29) is 24.8 Å². The number of halogens is 2. The van der Waals surface area contributed by atoms with Gasteiger partial charge in [0.2, 0.25) is 5.88 Å². The van der Waals surface area contributed by atoms with Gasteiger partial charge in [0.05, 0.1) is 6.61 Å². The molecule has 0 unspecified atom stereocenters. The van der Waals surface area contributed by atoms with Crippen LogP contribution in [0.3, 0.4) is 0 Å². The molecule has 0 saturated carbocycles. The van der Waals surface area contributed by atoms with Crippen LogP contribution in [0.15, 0.2) is 30.5 Å². The molecular weight excluding hydrogens is 427 g/mol. The quantitative estimate of drug-likeness (QED) is 0.704. The number of fused-ring (bicyclic) bond motifs is 3. The Balaban J connectivity index is 0.00000120. The summed E-state index contributed by atoms with van der Waals surface area (Å²) in [5.41, 5.74) is 6.57. The van der Waals surface area contributed by atoms with Crippen LogP contribution in [0.4, 0.5) is 17.1 Å². The van der Waals surface area contributed by atoms with E-state index >= 15 is 0 Å². The first-order chi connectivity index (χ1) is 13.3. The third-order valence-corrected chi connectivity index (χ3v) is 6.80. The zero-order valence-corrected chi connectivity index (χ0v) is 19.0. The van der Waals surface area contributed by atoms with Crippen molar-refractivity contribution in [1.82, 2.24) is 10.3 Å².